The van der Waals surface area contributed by atoms with Crippen LogP contribution in [0.4, 0.5) is 0 Å². The Kier molecular flexibility index (Phi) is 16.0. The summed E-state index contributed by atoms with van der Waals surface area (Å²) in [4.78, 5) is 0. The first-order chi connectivity index (χ1) is 43.7. The molecule has 0 aliphatic carbocycles. The molecule has 0 atom stereocenters. The second-order valence-electron chi connectivity index (χ2n) is 25.3. The molecule has 0 fully saturated rings. The van der Waals surface area contributed by atoms with E-state index in [1.54, 1.807) is 0 Å². The van der Waals surface area contributed by atoms with E-state index < -0.39 is 24.2 Å². The van der Waals surface area contributed by atoms with Gasteiger partial charge in [-0.05, 0) is 106 Å². The molecular formula is C84H75N3Si3. The van der Waals surface area contributed by atoms with E-state index in [4.69, 9.17) is 0 Å². The summed E-state index contributed by atoms with van der Waals surface area (Å²) in [5.74, 6) is 0. The Morgan fingerprint density at radius 1 is 0.211 bits per heavy atom. The largest absolute Gasteiger partial charge is 0.309 e. The zero-order valence-corrected chi connectivity index (χ0v) is 55.4. The van der Waals surface area contributed by atoms with Crippen LogP contribution in [0.2, 0.25) is 39.3 Å². The van der Waals surface area contributed by atoms with Gasteiger partial charge in [0.15, 0.2) is 0 Å². The summed E-state index contributed by atoms with van der Waals surface area (Å²) in [5.41, 5.74) is 24.9. The molecule has 0 spiro atoms. The Hall–Kier alpha value is -10.1. The molecule has 6 heteroatoms. The van der Waals surface area contributed by atoms with Gasteiger partial charge in [0.2, 0.25) is 0 Å². The molecule has 3 aromatic heterocycles. The van der Waals surface area contributed by atoms with Crippen LogP contribution < -0.4 is 15.6 Å². The molecule has 3 heterocycles. The molecule has 0 aliphatic rings. The SMILES string of the molecule is C=C[Si](C)(C)c1ccc(-c2ccc(-c3ccc(-n4c5ccccc5c5ccccc54)cc3)cc2)cc1.C=C[Si](C)(C)c1ccc(-c2ccc(-n3c4ccccc4c4ccccc43)cc2)cc1.C=C[Si](C)(C)c1ccc(-n2c3ccccc3c3ccccc32)cc1. The first-order valence-electron chi connectivity index (χ1n) is 31.2. The van der Waals surface area contributed by atoms with Crippen LogP contribution in [0.25, 0.3) is 116 Å². The van der Waals surface area contributed by atoms with E-state index >= 15 is 0 Å². The van der Waals surface area contributed by atoms with Crippen molar-refractivity contribution in [2.24, 2.45) is 0 Å². The maximum atomic E-state index is 4.03. The van der Waals surface area contributed by atoms with Crippen LogP contribution in [0.5, 0.6) is 0 Å². The first-order valence-corrected chi connectivity index (χ1v) is 40.5. The van der Waals surface area contributed by atoms with Crippen LogP contribution in [0.3, 0.4) is 0 Å². The molecule has 90 heavy (non-hydrogen) atoms. The lowest BCUT2D eigenvalue weighted by Crippen LogP contribution is -2.39. The van der Waals surface area contributed by atoms with Crippen LogP contribution in [0, 0.1) is 0 Å². The summed E-state index contributed by atoms with van der Waals surface area (Å²) in [6.07, 6.45) is 0. The lowest BCUT2D eigenvalue weighted by Gasteiger charge is -2.18. The highest BCUT2D eigenvalue weighted by Crippen LogP contribution is 2.36. The summed E-state index contributed by atoms with van der Waals surface area (Å²) in [7, 11) is -4.55. The second-order valence-corrected chi connectivity index (χ2v) is 38.5. The molecule has 12 aromatic carbocycles. The van der Waals surface area contributed by atoms with Crippen LogP contribution in [0.1, 0.15) is 0 Å². The Bertz CT molecular complexity index is 4940. The number of nitrogens with zero attached hydrogens (tertiary/aromatic N) is 3. The molecule has 0 bridgehead atoms. The number of hydrogen-bond acceptors (Lipinski definition) is 0. The molecule has 0 amide bonds. The fourth-order valence-electron chi connectivity index (χ4n) is 12.6. The molecule has 0 N–H and O–H groups in total. The monoisotopic (exact) mass is 1210 g/mol. The van der Waals surface area contributed by atoms with Gasteiger partial charge in [0, 0.05) is 49.4 Å². The molecule has 0 unspecified atom stereocenters. The van der Waals surface area contributed by atoms with Crippen molar-refractivity contribution in [1.82, 2.24) is 13.7 Å². The lowest BCUT2D eigenvalue weighted by atomic mass is 10.0. The third kappa shape index (κ3) is 11.2. The maximum absolute atomic E-state index is 4.03. The van der Waals surface area contributed by atoms with Crippen molar-refractivity contribution >= 4 is 105 Å². The highest BCUT2D eigenvalue weighted by molar-refractivity contribution is 6.94. The lowest BCUT2D eigenvalue weighted by molar-refractivity contribution is 1.18. The number of hydrogen-bond donors (Lipinski definition) is 0. The molecule has 0 aliphatic heterocycles. The quantitative estimate of drug-likeness (QED) is 0.108. The topological polar surface area (TPSA) is 14.8 Å². The van der Waals surface area contributed by atoms with Gasteiger partial charge < -0.3 is 13.7 Å². The highest BCUT2D eigenvalue weighted by Gasteiger charge is 2.22. The second kappa shape index (κ2) is 24.5. The van der Waals surface area contributed by atoms with Gasteiger partial charge >= 0.3 is 0 Å². The van der Waals surface area contributed by atoms with Crippen molar-refractivity contribution in [2.45, 2.75) is 39.3 Å². The van der Waals surface area contributed by atoms with Gasteiger partial charge in [0.25, 0.3) is 0 Å². The Morgan fingerprint density at radius 3 is 0.567 bits per heavy atom. The van der Waals surface area contributed by atoms with Crippen molar-refractivity contribution in [1.29, 1.82) is 0 Å². The Morgan fingerprint density at radius 2 is 0.367 bits per heavy atom. The fraction of sp³-hybridized carbons (Fsp3) is 0.0714. The third-order valence-electron chi connectivity index (χ3n) is 18.5. The number of aromatic nitrogens is 3. The van der Waals surface area contributed by atoms with E-state index in [2.05, 4.69) is 381 Å². The van der Waals surface area contributed by atoms with Crippen LogP contribution in [0.15, 0.2) is 328 Å². The van der Waals surface area contributed by atoms with Gasteiger partial charge in [-0.25, -0.2) is 0 Å². The van der Waals surface area contributed by atoms with E-state index in [-0.39, 0.29) is 0 Å². The van der Waals surface area contributed by atoms with Gasteiger partial charge in [-0.2, -0.15) is 0 Å². The third-order valence-corrected chi connectivity index (χ3v) is 27.1. The van der Waals surface area contributed by atoms with Gasteiger partial charge in [-0.1, -0.05) is 290 Å². The normalized spacial score (nSPS) is 11.8. The zero-order chi connectivity index (χ0) is 62.2. The zero-order valence-electron chi connectivity index (χ0n) is 52.4. The number of para-hydroxylation sites is 6. The van der Waals surface area contributed by atoms with Crippen molar-refractivity contribution < 1.29 is 0 Å². The number of fused-ring (bicyclic) bond motifs is 9. The summed E-state index contributed by atoms with van der Waals surface area (Å²) in [5, 5.41) is 12.0. The summed E-state index contributed by atoms with van der Waals surface area (Å²) < 4.78 is 7.07. The van der Waals surface area contributed by atoms with Gasteiger partial charge in [0.05, 0.1) is 33.1 Å². The van der Waals surface area contributed by atoms with E-state index in [0.29, 0.717) is 0 Å². The molecule has 15 rings (SSSR count). The smallest absolute Gasteiger partial charge is 0.103 e. The average molecular weight is 1210 g/mol. The Balaban J connectivity index is 0.000000126. The van der Waals surface area contributed by atoms with Crippen molar-refractivity contribution in [3.63, 3.8) is 0 Å². The van der Waals surface area contributed by atoms with Gasteiger partial charge in [-0.15, -0.1) is 19.7 Å². The summed E-state index contributed by atoms with van der Waals surface area (Å²) in [6, 6.07) is 106. The summed E-state index contributed by atoms with van der Waals surface area (Å²) >= 11 is 0. The van der Waals surface area contributed by atoms with E-state index in [1.165, 1.54) is 131 Å². The van der Waals surface area contributed by atoms with Crippen LogP contribution >= 0.6 is 0 Å². The first kappa shape index (κ1) is 58.9. The van der Waals surface area contributed by atoms with Crippen LogP contribution in [-0.4, -0.2) is 37.9 Å². The number of benzene rings is 12. The van der Waals surface area contributed by atoms with Gasteiger partial charge in [-0.3, -0.25) is 0 Å². The predicted octanol–water partition coefficient (Wildman–Crippen LogP) is 21.3. The van der Waals surface area contributed by atoms with Crippen LogP contribution in [-0.2, 0) is 0 Å². The van der Waals surface area contributed by atoms with E-state index in [9.17, 15) is 0 Å². The molecule has 0 saturated carbocycles. The predicted molar refractivity (Wildman–Crippen MR) is 401 cm³/mol. The minimum atomic E-state index is -1.52. The molecule has 438 valence electrons. The minimum Gasteiger partial charge on any atom is -0.309 e. The molecular weight excluding hydrogens is 1140 g/mol. The molecule has 15 aromatic rings. The Labute approximate surface area is 533 Å². The number of rotatable bonds is 12. The average Bonchev–Trinajstić information content (AvgIpc) is 2.16. The summed E-state index contributed by atoms with van der Waals surface area (Å²) in [6.45, 7) is 26.1. The highest BCUT2D eigenvalue weighted by atomic mass is 28.3. The molecule has 3 nitrogen and oxygen atoms in total. The molecule has 0 saturated heterocycles. The minimum absolute atomic E-state index is 1.18. The molecule has 0 radical (unpaired) electrons. The van der Waals surface area contributed by atoms with Gasteiger partial charge in [0.1, 0.15) is 24.2 Å². The van der Waals surface area contributed by atoms with E-state index in [0.717, 1.165) is 0 Å². The van der Waals surface area contributed by atoms with Crippen molar-refractivity contribution in [3.8, 4) is 50.4 Å². The standard InChI is InChI=1S/C34H29NSi.C28H25NSi.C22H21NSi/c1-4-36(2,3)30-23-19-28(20-24-30)26-15-13-25(14-16-26)27-17-21-29(22-18-27)35-33-11-7-5-9-31(33)32-10-6-8-12-34(32)35;1-4-30(2,3)24-19-15-22(16-20-24)21-13-17-23(18-14-21)29-27-11-7-5-9-25(27)26-10-6-8-12-28(26)29;1-4-24(2,3)18-15-13-17(14-16-18)23-21-11-7-5-9-19(21)20-10-6-8-12-22(20)23/h4-24H,1H2,2-3H3;4-20H,1H2,2-3H3;4-16H,1H2,2-3H3. The van der Waals surface area contributed by atoms with Crippen molar-refractivity contribution in [2.75, 3.05) is 0 Å². The van der Waals surface area contributed by atoms with E-state index in [1.807, 2.05) is 0 Å². The maximum Gasteiger partial charge on any atom is 0.103 e. The fourth-order valence-corrected chi connectivity index (χ4v) is 16.4. The van der Waals surface area contributed by atoms with Crippen molar-refractivity contribution in [3.05, 3.63) is 328 Å².